The summed E-state index contributed by atoms with van der Waals surface area (Å²) in [4.78, 5) is 2.52. The molecule has 0 N–H and O–H groups in total. The number of fused-ring (bicyclic) bond motifs is 2. The normalized spacial score (nSPS) is 21.9. The van der Waals surface area contributed by atoms with Crippen LogP contribution in [0.15, 0.2) is 24.3 Å². The molecule has 3 rings (SSSR count). The van der Waals surface area contributed by atoms with E-state index in [0.29, 0.717) is 5.41 Å². The quantitative estimate of drug-likeness (QED) is 0.793. The second kappa shape index (κ2) is 4.07. The van der Waals surface area contributed by atoms with E-state index >= 15 is 0 Å². The number of benzene rings is 1. The van der Waals surface area contributed by atoms with E-state index in [0.717, 1.165) is 19.7 Å². The highest BCUT2D eigenvalue weighted by atomic mass is 16.5. The van der Waals surface area contributed by atoms with Crippen molar-refractivity contribution in [3.05, 3.63) is 35.4 Å². The van der Waals surface area contributed by atoms with Crippen LogP contribution < -0.4 is 0 Å². The van der Waals surface area contributed by atoms with Gasteiger partial charge in [0, 0.05) is 13.1 Å². The number of hydrogen-bond acceptors (Lipinski definition) is 2. The summed E-state index contributed by atoms with van der Waals surface area (Å²) in [6.07, 6.45) is 1.25. The average molecular weight is 245 g/mol. The van der Waals surface area contributed by atoms with Crippen LogP contribution in [0.25, 0.3) is 0 Å². The minimum absolute atomic E-state index is 0.0223. The van der Waals surface area contributed by atoms with Crippen molar-refractivity contribution in [1.82, 2.24) is 4.90 Å². The van der Waals surface area contributed by atoms with E-state index in [2.05, 4.69) is 49.9 Å². The Morgan fingerprint density at radius 2 is 1.94 bits per heavy atom. The van der Waals surface area contributed by atoms with Crippen molar-refractivity contribution in [2.75, 3.05) is 19.6 Å². The Morgan fingerprint density at radius 1 is 1.22 bits per heavy atom. The summed E-state index contributed by atoms with van der Waals surface area (Å²) in [7, 11) is 0. The Hall–Kier alpha value is -0.860. The molecule has 2 nitrogen and oxygen atoms in total. The Bertz CT molecular complexity index is 441. The Labute approximate surface area is 110 Å². The molecular weight excluding hydrogens is 222 g/mol. The van der Waals surface area contributed by atoms with Gasteiger partial charge in [-0.3, -0.25) is 4.90 Å². The summed E-state index contributed by atoms with van der Waals surface area (Å²) in [6, 6.07) is 8.68. The van der Waals surface area contributed by atoms with Gasteiger partial charge in [0.25, 0.3) is 0 Å². The van der Waals surface area contributed by atoms with Crippen molar-refractivity contribution >= 4 is 0 Å². The first-order valence-electron chi connectivity index (χ1n) is 6.93. The van der Waals surface area contributed by atoms with Gasteiger partial charge in [-0.1, -0.05) is 45.0 Å². The molecule has 0 bridgehead atoms. The lowest BCUT2D eigenvalue weighted by molar-refractivity contribution is -0.143. The molecule has 1 spiro atoms. The second-order valence-electron chi connectivity index (χ2n) is 6.96. The topological polar surface area (TPSA) is 12.5 Å². The molecule has 2 aliphatic rings. The highest BCUT2D eigenvalue weighted by Gasteiger charge is 2.49. The molecular formula is C16H23NO. The molecule has 1 aromatic rings. The molecule has 1 fully saturated rings. The summed E-state index contributed by atoms with van der Waals surface area (Å²) in [6.45, 7) is 11.1. The fraction of sp³-hybridized carbons (Fsp3) is 0.625. The molecule has 2 heterocycles. The van der Waals surface area contributed by atoms with Crippen molar-refractivity contribution in [3.8, 4) is 0 Å². The predicted molar refractivity (Wildman–Crippen MR) is 73.4 cm³/mol. The SMILES string of the molecule is CC(C)(C)CCN1CC2(C1)OCc1ccccc12. The molecule has 0 amide bonds. The number of rotatable bonds is 2. The van der Waals surface area contributed by atoms with Crippen LogP contribution in [-0.4, -0.2) is 24.5 Å². The number of likely N-dealkylation sites (tertiary alicyclic amines) is 1. The van der Waals surface area contributed by atoms with Crippen LogP contribution in [0, 0.1) is 5.41 Å². The Morgan fingerprint density at radius 3 is 2.67 bits per heavy atom. The first kappa shape index (κ1) is 12.2. The Balaban J connectivity index is 1.62. The largest absolute Gasteiger partial charge is 0.363 e. The number of ether oxygens (including phenoxy) is 1. The summed E-state index contributed by atoms with van der Waals surface area (Å²) in [5.74, 6) is 0. The zero-order valence-corrected chi connectivity index (χ0v) is 11.7. The summed E-state index contributed by atoms with van der Waals surface area (Å²) < 4.78 is 6.07. The van der Waals surface area contributed by atoms with E-state index in [9.17, 15) is 0 Å². The van der Waals surface area contributed by atoms with E-state index in [1.807, 2.05) is 0 Å². The smallest absolute Gasteiger partial charge is 0.119 e. The molecule has 0 aromatic heterocycles. The highest BCUT2D eigenvalue weighted by molar-refractivity contribution is 5.38. The molecule has 1 aromatic carbocycles. The lowest BCUT2D eigenvalue weighted by Gasteiger charge is -2.48. The minimum Gasteiger partial charge on any atom is -0.363 e. The zero-order valence-electron chi connectivity index (χ0n) is 11.7. The molecule has 2 heteroatoms. The van der Waals surface area contributed by atoms with E-state index in [1.54, 1.807) is 0 Å². The van der Waals surface area contributed by atoms with E-state index in [1.165, 1.54) is 24.1 Å². The minimum atomic E-state index is 0.0223. The molecule has 98 valence electrons. The Kier molecular flexibility index (Phi) is 2.76. The summed E-state index contributed by atoms with van der Waals surface area (Å²) >= 11 is 0. The zero-order chi connectivity index (χ0) is 12.8. The number of nitrogens with zero attached hydrogens (tertiary/aromatic N) is 1. The maximum absolute atomic E-state index is 6.07. The summed E-state index contributed by atoms with van der Waals surface area (Å²) in [5, 5.41) is 0. The van der Waals surface area contributed by atoms with Gasteiger partial charge >= 0.3 is 0 Å². The van der Waals surface area contributed by atoms with Crippen LogP contribution in [0.1, 0.15) is 38.3 Å². The van der Waals surface area contributed by atoms with Gasteiger partial charge in [-0.15, -0.1) is 0 Å². The van der Waals surface area contributed by atoms with Crippen molar-refractivity contribution in [2.24, 2.45) is 5.41 Å². The van der Waals surface area contributed by atoms with Crippen LogP contribution in [0.5, 0.6) is 0 Å². The lowest BCUT2D eigenvalue weighted by atomic mass is 9.84. The first-order chi connectivity index (χ1) is 8.49. The third kappa shape index (κ3) is 2.08. The second-order valence-corrected chi connectivity index (χ2v) is 6.96. The maximum atomic E-state index is 6.07. The molecule has 0 aliphatic carbocycles. The van der Waals surface area contributed by atoms with Crippen LogP contribution in [0.4, 0.5) is 0 Å². The van der Waals surface area contributed by atoms with Crippen molar-refractivity contribution in [3.63, 3.8) is 0 Å². The van der Waals surface area contributed by atoms with Gasteiger partial charge in [0.1, 0.15) is 5.60 Å². The highest BCUT2D eigenvalue weighted by Crippen LogP contribution is 2.43. The molecule has 18 heavy (non-hydrogen) atoms. The standard InChI is InChI=1S/C16H23NO/c1-15(2,3)8-9-17-11-16(12-17)14-7-5-4-6-13(14)10-18-16/h4-7H,8-12H2,1-3H3. The van der Waals surface area contributed by atoms with Crippen molar-refractivity contribution in [1.29, 1.82) is 0 Å². The maximum Gasteiger partial charge on any atom is 0.119 e. The summed E-state index contributed by atoms with van der Waals surface area (Å²) in [5.41, 5.74) is 3.26. The number of hydrogen-bond donors (Lipinski definition) is 0. The first-order valence-corrected chi connectivity index (χ1v) is 6.93. The van der Waals surface area contributed by atoms with Gasteiger partial charge in [0.05, 0.1) is 6.61 Å². The van der Waals surface area contributed by atoms with Crippen molar-refractivity contribution < 1.29 is 4.74 Å². The molecule has 0 atom stereocenters. The van der Waals surface area contributed by atoms with Gasteiger partial charge in [-0.25, -0.2) is 0 Å². The fourth-order valence-electron chi connectivity index (χ4n) is 2.97. The van der Waals surface area contributed by atoms with Crippen LogP contribution >= 0.6 is 0 Å². The van der Waals surface area contributed by atoms with Crippen molar-refractivity contribution in [2.45, 2.75) is 39.4 Å². The average Bonchev–Trinajstić information content (AvgIpc) is 2.63. The van der Waals surface area contributed by atoms with Gasteiger partial charge in [-0.05, 0) is 29.5 Å². The van der Waals surface area contributed by atoms with Gasteiger partial charge in [0.15, 0.2) is 0 Å². The van der Waals surface area contributed by atoms with E-state index in [4.69, 9.17) is 4.74 Å². The van der Waals surface area contributed by atoms with Gasteiger partial charge < -0.3 is 4.74 Å². The van der Waals surface area contributed by atoms with Gasteiger partial charge in [0.2, 0.25) is 0 Å². The molecule has 2 aliphatic heterocycles. The van der Waals surface area contributed by atoms with E-state index < -0.39 is 0 Å². The van der Waals surface area contributed by atoms with Crippen LogP contribution in [0.2, 0.25) is 0 Å². The molecule has 0 unspecified atom stereocenters. The predicted octanol–water partition coefficient (Wildman–Crippen LogP) is 3.16. The van der Waals surface area contributed by atoms with Crippen LogP contribution in [0.3, 0.4) is 0 Å². The molecule has 0 radical (unpaired) electrons. The fourth-order valence-corrected chi connectivity index (χ4v) is 2.97. The lowest BCUT2D eigenvalue weighted by Crippen LogP contribution is -2.59. The molecule has 0 saturated carbocycles. The third-order valence-corrected chi connectivity index (χ3v) is 4.15. The third-order valence-electron chi connectivity index (χ3n) is 4.15. The molecule has 1 saturated heterocycles. The van der Waals surface area contributed by atoms with Gasteiger partial charge in [-0.2, -0.15) is 0 Å². The van der Waals surface area contributed by atoms with E-state index in [-0.39, 0.29) is 5.60 Å². The van der Waals surface area contributed by atoms with Crippen LogP contribution in [-0.2, 0) is 16.9 Å². The monoisotopic (exact) mass is 245 g/mol.